The highest BCUT2D eigenvalue weighted by molar-refractivity contribution is 7.89. The third-order valence-electron chi connectivity index (χ3n) is 3.64. The molecule has 0 aromatic heterocycles. The Morgan fingerprint density at radius 2 is 2.17 bits per heavy atom. The van der Waals surface area contributed by atoms with Crippen LogP contribution in [0.1, 0.15) is 12.5 Å². The summed E-state index contributed by atoms with van der Waals surface area (Å²) >= 11 is 0. The Labute approximate surface area is 134 Å². The Hall–Kier alpha value is -2.13. The van der Waals surface area contributed by atoms with Crippen molar-refractivity contribution in [2.24, 2.45) is 0 Å². The van der Waals surface area contributed by atoms with Crippen LogP contribution in [0.5, 0.6) is 5.75 Å². The zero-order valence-electron chi connectivity index (χ0n) is 12.8. The predicted molar refractivity (Wildman–Crippen MR) is 80.7 cm³/mol. The molecule has 2 N–H and O–H groups in total. The molecule has 23 heavy (non-hydrogen) atoms. The Kier molecular flexibility index (Phi) is 4.90. The summed E-state index contributed by atoms with van der Waals surface area (Å²) in [6.07, 6.45) is -0.359. The Balaban J connectivity index is 2.43. The van der Waals surface area contributed by atoms with Gasteiger partial charge in [0.1, 0.15) is 11.8 Å². The van der Waals surface area contributed by atoms with Crippen LogP contribution in [-0.2, 0) is 26.0 Å². The minimum Gasteiger partial charge on any atom is -0.496 e. The Bertz CT molecular complexity index is 731. The number of hydrogen-bond acceptors (Lipinski definition) is 5. The van der Waals surface area contributed by atoms with Gasteiger partial charge in [-0.3, -0.25) is 9.59 Å². The van der Waals surface area contributed by atoms with E-state index in [4.69, 9.17) is 9.84 Å². The van der Waals surface area contributed by atoms with Crippen LogP contribution < -0.4 is 10.1 Å². The Morgan fingerprint density at radius 1 is 1.48 bits per heavy atom. The number of piperazine rings is 1. The highest BCUT2D eigenvalue weighted by Crippen LogP contribution is 2.26. The van der Waals surface area contributed by atoms with Gasteiger partial charge in [-0.05, 0) is 25.1 Å². The first-order valence-electron chi connectivity index (χ1n) is 6.95. The van der Waals surface area contributed by atoms with E-state index in [0.29, 0.717) is 5.75 Å². The maximum absolute atomic E-state index is 12.7. The number of aliphatic carboxylic acids is 1. The van der Waals surface area contributed by atoms with Crippen LogP contribution in [0, 0.1) is 0 Å². The second kappa shape index (κ2) is 6.55. The number of carbonyl (C=O) groups excluding carboxylic acids is 1. The summed E-state index contributed by atoms with van der Waals surface area (Å²) < 4.78 is 31.6. The molecule has 1 fully saturated rings. The quantitative estimate of drug-likeness (QED) is 0.768. The molecule has 9 heteroatoms. The molecule has 8 nitrogen and oxygen atoms in total. The second-order valence-electron chi connectivity index (χ2n) is 5.13. The van der Waals surface area contributed by atoms with Crippen molar-refractivity contribution >= 4 is 21.9 Å². The molecule has 1 aromatic carbocycles. The fourth-order valence-electron chi connectivity index (χ4n) is 2.44. The van der Waals surface area contributed by atoms with Crippen LogP contribution in [0.25, 0.3) is 0 Å². The van der Waals surface area contributed by atoms with Gasteiger partial charge in [-0.2, -0.15) is 4.31 Å². The summed E-state index contributed by atoms with van der Waals surface area (Å²) in [5.74, 6) is -1.15. The molecule has 1 saturated heterocycles. The van der Waals surface area contributed by atoms with Crippen molar-refractivity contribution < 1.29 is 27.9 Å². The normalized spacial score (nSPS) is 19.2. The van der Waals surface area contributed by atoms with E-state index in [2.05, 4.69) is 5.32 Å². The zero-order valence-corrected chi connectivity index (χ0v) is 13.6. The van der Waals surface area contributed by atoms with Crippen molar-refractivity contribution in [2.75, 3.05) is 20.2 Å². The number of sulfonamides is 1. The van der Waals surface area contributed by atoms with Crippen molar-refractivity contribution in [3.8, 4) is 5.75 Å². The summed E-state index contributed by atoms with van der Waals surface area (Å²) in [7, 11) is -2.52. The van der Waals surface area contributed by atoms with E-state index in [-0.39, 0.29) is 35.9 Å². The number of rotatable bonds is 5. The van der Waals surface area contributed by atoms with Gasteiger partial charge >= 0.3 is 5.97 Å². The lowest BCUT2D eigenvalue weighted by atomic mass is 10.1. The van der Waals surface area contributed by atoms with Crippen molar-refractivity contribution in [1.29, 1.82) is 0 Å². The highest BCUT2D eigenvalue weighted by atomic mass is 32.2. The van der Waals surface area contributed by atoms with Gasteiger partial charge in [0.15, 0.2) is 0 Å². The molecule has 1 aliphatic heterocycles. The summed E-state index contributed by atoms with van der Waals surface area (Å²) in [5.41, 5.74) is 0.259. The van der Waals surface area contributed by atoms with Crippen LogP contribution in [-0.4, -0.2) is 55.9 Å². The number of carbonyl (C=O) groups is 2. The Morgan fingerprint density at radius 3 is 2.78 bits per heavy atom. The van der Waals surface area contributed by atoms with Gasteiger partial charge in [0.25, 0.3) is 0 Å². The van der Waals surface area contributed by atoms with Crippen LogP contribution in [0.2, 0.25) is 0 Å². The second-order valence-corrected chi connectivity index (χ2v) is 7.02. The molecule has 1 amide bonds. The molecule has 1 aromatic rings. The molecule has 1 heterocycles. The number of methoxy groups -OCH3 is 1. The minimum absolute atomic E-state index is 0.0592. The molecule has 1 atom stereocenters. The van der Waals surface area contributed by atoms with Crippen molar-refractivity contribution in [2.45, 2.75) is 24.3 Å². The molecule has 2 rings (SSSR count). The van der Waals surface area contributed by atoms with Crippen LogP contribution in [0.4, 0.5) is 0 Å². The first-order valence-corrected chi connectivity index (χ1v) is 8.39. The van der Waals surface area contributed by atoms with E-state index in [0.717, 1.165) is 4.31 Å². The largest absolute Gasteiger partial charge is 0.496 e. The first-order chi connectivity index (χ1) is 10.8. The summed E-state index contributed by atoms with van der Waals surface area (Å²) in [4.78, 5) is 22.5. The minimum atomic E-state index is -3.90. The molecule has 1 aliphatic rings. The molecule has 0 bridgehead atoms. The van der Waals surface area contributed by atoms with Crippen LogP contribution >= 0.6 is 0 Å². The lowest BCUT2D eigenvalue weighted by molar-refractivity contribution is -0.136. The predicted octanol–water partition coefficient (Wildman–Crippen LogP) is -0.169. The van der Waals surface area contributed by atoms with Crippen LogP contribution in [0.15, 0.2) is 23.1 Å². The van der Waals surface area contributed by atoms with Gasteiger partial charge in [0, 0.05) is 18.7 Å². The SMILES string of the molecule is COc1ccc(S(=O)(=O)N2CCNC(=O)C2C)cc1CC(=O)O. The standard InChI is InChI=1S/C14H18N2O6S/c1-9-14(19)15-5-6-16(9)23(20,21)11-3-4-12(22-2)10(7-11)8-13(17)18/h3-4,7,9H,5-6,8H2,1-2H3,(H,15,19)(H,17,18). The number of carboxylic acid groups (broad SMARTS) is 1. The lowest BCUT2D eigenvalue weighted by Crippen LogP contribution is -2.55. The van der Waals surface area contributed by atoms with Crippen molar-refractivity contribution in [3.05, 3.63) is 23.8 Å². The molecule has 0 aliphatic carbocycles. The van der Waals surface area contributed by atoms with Crippen molar-refractivity contribution in [1.82, 2.24) is 9.62 Å². The smallest absolute Gasteiger partial charge is 0.307 e. The van der Waals surface area contributed by atoms with Crippen LogP contribution in [0.3, 0.4) is 0 Å². The number of nitrogens with one attached hydrogen (secondary N) is 1. The molecule has 0 radical (unpaired) electrons. The monoisotopic (exact) mass is 342 g/mol. The van der Waals surface area contributed by atoms with E-state index in [1.807, 2.05) is 0 Å². The van der Waals surface area contributed by atoms with E-state index >= 15 is 0 Å². The molecular weight excluding hydrogens is 324 g/mol. The van der Waals surface area contributed by atoms with Gasteiger partial charge in [-0.15, -0.1) is 0 Å². The van der Waals surface area contributed by atoms with E-state index in [9.17, 15) is 18.0 Å². The average Bonchev–Trinajstić information content (AvgIpc) is 2.49. The van der Waals surface area contributed by atoms with E-state index in [1.165, 1.54) is 32.2 Å². The number of nitrogens with zero attached hydrogens (tertiary/aromatic N) is 1. The number of amides is 1. The lowest BCUT2D eigenvalue weighted by Gasteiger charge is -2.31. The fraction of sp³-hybridized carbons (Fsp3) is 0.429. The molecular formula is C14H18N2O6S. The third-order valence-corrected chi connectivity index (χ3v) is 5.61. The van der Waals surface area contributed by atoms with Crippen molar-refractivity contribution in [3.63, 3.8) is 0 Å². The maximum Gasteiger partial charge on any atom is 0.307 e. The highest BCUT2D eigenvalue weighted by Gasteiger charge is 2.35. The van der Waals surface area contributed by atoms with Gasteiger partial charge < -0.3 is 15.2 Å². The van der Waals surface area contributed by atoms with Gasteiger partial charge in [-0.25, -0.2) is 8.42 Å². The zero-order chi connectivity index (χ0) is 17.2. The molecule has 0 spiro atoms. The van der Waals surface area contributed by atoms with Gasteiger partial charge in [-0.1, -0.05) is 0 Å². The van der Waals surface area contributed by atoms with Gasteiger partial charge in [0.05, 0.1) is 18.4 Å². The molecule has 126 valence electrons. The van der Waals surface area contributed by atoms with Gasteiger partial charge in [0.2, 0.25) is 15.9 Å². The number of ether oxygens (including phenoxy) is 1. The number of carboxylic acids is 1. The summed E-state index contributed by atoms with van der Waals surface area (Å²) in [5, 5.41) is 11.5. The topological polar surface area (TPSA) is 113 Å². The summed E-state index contributed by atoms with van der Waals surface area (Å²) in [6, 6.07) is 3.22. The first kappa shape index (κ1) is 17.2. The summed E-state index contributed by atoms with van der Waals surface area (Å²) in [6.45, 7) is 1.91. The third kappa shape index (κ3) is 3.45. The van der Waals surface area contributed by atoms with E-state index in [1.54, 1.807) is 0 Å². The molecule has 1 unspecified atom stereocenters. The van der Waals surface area contributed by atoms with E-state index < -0.39 is 22.0 Å². The number of benzene rings is 1. The fourth-order valence-corrected chi connectivity index (χ4v) is 4.09. The number of hydrogen-bond donors (Lipinski definition) is 2. The maximum atomic E-state index is 12.7. The molecule has 0 saturated carbocycles. The average molecular weight is 342 g/mol.